The molecule has 0 aliphatic carbocycles. The predicted molar refractivity (Wildman–Crippen MR) is 95.7 cm³/mol. The van der Waals surface area contributed by atoms with Crippen LogP contribution in [0.4, 0.5) is 30.5 Å². The second-order valence-electron chi connectivity index (χ2n) is 5.93. The highest BCUT2D eigenvalue weighted by Crippen LogP contribution is 2.31. The lowest BCUT2D eigenvalue weighted by atomic mass is 10.2. The summed E-state index contributed by atoms with van der Waals surface area (Å²) in [7, 11) is 0. The Balaban J connectivity index is 1.71. The Bertz CT molecular complexity index is 799. The molecule has 0 spiro atoms. The first-order chi connectivity index (χ1) is 13.0. The van der Waals surface area contributed by atoms with Gasteiger partial charge in [-0.25, -0.2) is 9.97 Å². The summed E-state index contributed by atoms with van der Waals surface area (Å²) in [5, 5.41) is 3.04. The van der Waals surface area contributed by atoms with Gasteiger partial charge in [-0.15, -0.1) is 0 Å². The molecule has 0 amide bonds. The zero-order valence-electron chi connectivity index (χ0n) is 14.4. The van der Waals surface area contributed by atoms with E-state index in [9.17, 15) is 18.0 Å². The van der Waals surface area contributed by atoms with Crippen molar-refractivity contribution in [1.29, 1.82) is 0 Å². The second-order valence-corrected chi connectivity index (χ2v) is 5.93. The van der Waals surface area contributed by atoms with E-state index in [2.05, 4.69) is 15.3 Å². The number of anilines is 3. The van der Waals surface area contributed by atoms with E-state index in [1.54, 1.807) is 12.4 Å². The molecular weight excluding hydrogens is 359 g/mol. The van der Waals surface area contributed by atoms with Crippen LogP contribution < -0.4 is 10.2 Å². The molecule has 1 saturated heterocycles. The Morgan fingerprint density at radius 1 is 1.00 bits per heavy atom. The third-order valence-electron chi connectivity index (χ3n) is 4.14. The maximum atomic E-state index is 12.7. The van der Waals surface area contributed by atoms with Crippen LogP contribution in [0.15, 0.2) is 48.9 Å². The number of hydrogen-bond acceptors (Lipinski definition) is 6. The van der Waals surface area contributed by atoms with Crippen molar-refractivity contribution in [2.45, 2.75) is 6.18 Å². The Labute approximate surface area is 154 Å². The first-order valence-corrected chi connectivity index (χ1v) is 8.33. The molecule has 2 aromatic rings. The van der Waals surface area contributed by atoms with Crippen LogP contribution in [0.2, 0.25) is 0 Å². The summed E-state index contributed by atoms with van der Waals surface area (Å²) in [6, 6.07) is 4.78. The van der Waals surface area contributed by atoms with Crippen LogP contribution in [0.1, 0.15) is 5.56 Å². The highest BCUT2D eigenvalue weighted by molar-refractivity contribution is 5.68. The molecule has 0 bridgehead atoms. The van der Waals surface area contributed by atoms with Crippen LogP contribution in [-0.2, 0) is 11.0 Å². The SMILES string of the molecule is O=CC=CN1CCN(c2nccnc2Nc2ccc(C(F)(F)F)cc2)CC1. The molecule has 1 N–H and O–H groups in total. The molecule has 27 heavy (non-hydrogen) atoms. The lowest BCUT2D eigenvalue weighted by Crippen LogP contribution is -2.44. The number of piperazine rings is 1. The number of rotatable bonds is 5. The van der Waals surface area contributed by atoms with Crippen molar-refractivity contribution in [1.82, 2.24) is 14.9 Å². The van der Waals surface area contributed by atoms with Crippen molar-refractivity contribution in [3.05, 3.63) is 54.5 Å². The minimum absolute atomic E-state index is 0.481. The molecule has 0 atom stereocenters. The van der Waals surface area contributed by atoms with E-state index in [-0.39, 0.29) is 0 Å². The molecule has 1 aliphatic heterocycles. The van der Waals surface area contributed by atoms with Crippen molar-refractivity contribution < 1.29 is 18.0 Å². The number of allylic oxidation sites excluding steroid dienone is 1. The summed E-state index contributed by atoms with van der Waals surface area (Å²) in [6.45, 7) is 2.81. The molecule has 1 aliphatic rings. The van der Waals surface area contributed by atoms with Gasteiger partial charge in [0, 0.05) is 50.5 Å². The highest BCUT2D eigenvalue weighted by Gasteiger charge is 2.30. The molecule has 0 radical (unpaired) electrons. The molecule has 0 unspecified atom stereocenters. The van der Waals surface area contributed by atoms with E-state index in [4.69, 9.17) is 0 Å². The zero-order chi connectivity index (χ0) is 19.3. The van der Waals surface area contributed by atoms with Crippen LogP contribution in [0.25, 0.3) is 0 Å². The Morgan fingerprint density at radius 3 is 2.30 bits per heavy atom. The quantitative estimate of drug-likeness (QED) is 0.638. The number of carbonyl (C=O) groups is 1. The van der Waals surface area contributed by atoms with E-state index in [1.807, 2.05) is 9.80 Å². The molecular formula is C18H18F3N5O. The number of nitrogens with zero attached hydrogens (tertiary/aromatic N) is 4. The second kappa shape index (κ2) is 8.07. The third-order valence-corrected chi connectivity index (χ3v) is 4.14. The monoisotopic (exact) mass is 377 g/mol. The smallest absolute Gasteiger partial charge is 0.374 e. The van der Waals surface area contributed by atoms with Crippen LogP contribution in [0, 0.1) is 0 Å². The predicted octanol–water partition coefficient (Wildman–Crippen LogP) is 3.07. The normalized spacial score (nSPS) is 15.2. The van der Waals surface area contributed by atoms with E-state index < -0.39 is 11.7 Å². The molecule has 3 rings (SSSR count). The summed E-state index contributed by atoms with van der Waals surface area (Å²) in [6.07, 6.45) is 2.68. The van der Waals surface area contributed by atoms with E-state index >= 15 is 0 Å². The number of hydrogen-bond donors (Lipinski definition) is 1. The molecule has 6 nitrogen and oxygen atoms in total. The van der Waals surface area contributed by atoms with Gasteiger partial charge in [0.25, 0.3) is 0 Å². The lowest BCUT2D eigenvalue weighted by Gasteiger charge is -2.35. The molecule has 1 aromatic carbocycles. The van der Waals surface area contributed by atoms with Gasteiger partial charge in [-0.2, -0.15) is 13.2 Å². The van der Waals surface area contributed by atoms with Gasteiger partial charge in [-0.05, 0) is 30.3 Å². The number of halogens is 3. The van der Waals surface area contributed by atoms with Crippen LogP contribution in [-0.4, -0.2) is 47.3 Å². The molecule has 9 heteroatoms. The Kier molecular flexibility index (Phi) is 5.58. The lowest BCUT2D eigenvalue weighted by molar-refractivity contribution is -0.137. The molecule has 1 fully saturated rings. The van der Waals surface area contributed by atoms with Crippen LogP contribution in [0.3, 0.4) is 0 Å². The molecule has 2 heterocycles. The van der Waals surface area contributed by atoms with Crippen LogP contribution in [0.5, 0.6) is 0 Å². The largest absolute Gasteiger partial charge is 0.416 e. The van der Waals surface area contributed by atoms with Gasteiger partial charge >= 0.3 is 6.18 Å². The van der Waals surface area contributed by atoms with E-state index in [1.165, 1.54) is 24.4 Å². The summed E-state index contributed by atoms with van der Waals surface area (Å²) in [5.41, 5.74) is -0.204. The number of benzene rings is 1. The Hall–Kier alpha value is -3.10. The number of nitrogens with one attached hydrogen (secondary N) is 1. The van der Waals surface area contributed by atoms with Crippen molar-refractivity contribution in [2.75, 3.05) is 36.4 Å². The highest BCUT2D eigenvalue weighted by atomic mass is 19.4. The zero-order valence-corrected chi connectivity index (χ0v) is 14.4. The summed E-state index contributed by atoms with van der Waals surface area (Å²) in [5.74, 6) is 1.12. The maximum Gasteiger partial charge on any atom is 0.416 e. The van der Waals surface area contributed by atoms with Crippen molar-refractivity contribution >= 4 is 23.6 Å². The number of alkyl halides is 3. The van der Waals surface area contributed by atoms with Crippen molar-refractivity contribution in [3.63, 3.8) is 0 Å². The van der Waals surface area contributed by atoms with Gasteiger partial charge in [-0.3, -0.25) is 4.79 Å². The number of aromatic nitrogens is 2. The van der Waals surface area contributed by atoms with Gasteiger partial charge in [0.1, 0.15) is 6.29 Å². The fraction of sp³-hybridized carbons (Fsp3) is 0.278. The molecule has 142 valence electrons. The fourth-order valence-corrected chi connectivity index (χ4v) is 2.77. The summed E-state index contributed by atoms with van der Waals surface area (Å²) >= 11 is 0. The first-order valence-electron chi connectivity index (χ1n) is 8.33. The van der Waals surface area contributed by atoms with Crippen molar-refractivity contribution in [3.8, 4) is 0 Å². The van der Waals surface area contributed by atoms with Gasteiger partial charge in [-0.1, -0.05) is 0 Å². The molecule has 0 saturated carbocycles. The fourth-order valence-electron chi connectivity index (χ4n) is 2.77. The first kappa shape index (κ1) is 18.7. The molecule has 1 aromatic heterocycles. The van der Waals surface area contributed by atoms with E-state index in [0.29, 0.717) is 30.4 Å². The number of carbonyl (C=O) groups excluding carboxylic acids is 1. The third kappa shape index (κ3) is 4.75. The van der Waals surface area contributed by atoms with Crippen LogP contribution >= 0.6 is 0 Å². The van der Waals surface area contributed by atoms with Gasteiger partial charge in [0.05, 0.1) is 5.56 Å². The van der Waals surface area contributed by atoms with Gasteiger partial charge in [0.15, 0.2) is 11.6 Å². The maximum absolute atomic E-state index is 12.7. The summed E-state index contributed by atoms with van der Waals surface area (Å²) < 4.78 is 38.1. The minimum atomic E-state index is -4.37. The standard InChI is InChI=1S/C18H18F3N5O/c19-18(20,21)14-2-4-15(5-3-14)24-16-17(23-7-6-22-16)26-11-9-25(10-12-26)8-1-13-27/h1-8,13H,9-12H2,(H,22,24). The topological polar surface area (TPSA) is 61.4 Å². The Morgan fingerprint density at radius 2 is 1.67 bits per heavy atom. The van der Waals surface area contributed by atoms with Gasteiger partial charge < -0.3 is 15.1 Å². The van der Waals surface area contributed by atoms with Gasteiger partial charge in [0.2, 0.25) is 0 Å². The van der Waals surface area contributed by atoms with Crippen molar-refractivity contribution in [2.24, 2.45) is 0 Å². The average molecular weight is 377 g/mol. The summed E-state index contributed by atoms with van der Waals surface area (Å²) in [4.78, 5) is 23.1. The van der Waals surface area contributed by atoms with E-state index in [0.717, 1.165) is 31.5 Å². The minimum Gasteiger partial charge on any atom is -0.374 e. The average Bonchev–Trinajstić information content (AvgIpc) is 2.67. The number of aldehydes is 1.